The van der Waals surface area contributed by atoms with Crippen LogP contribution in [-0.4, -0.2) is 26.3 Å². The van der Waals surface area contributed by atoms with Crippen molar-refractivity contribution in [3.63, 3.8) is 0 Å². The maximum atomic E-state index is 11.5. The van der Waals surface area contributed by atoms with E-state index in [2.05, 4.69) is 4.74 Å². The number of carbonyl (C=O) groups excluding carboxylic acids is 1. The van der Waals surface area contributed by atoms with Crippen LogP contribution >= 0.6 is 0 Å². The first-order valence-corrected chi connectivity index (χ1v) is 5.84. The van der Waals surface area contributed by atoms with Gasteiger partial charge in [-0.05, 0) is 19.1 Å². The van der Waals surface area contributed by atoms with Crippen molar-refractivity contribution in [2.45, 2.75) is 13.3 Å². The fourth-order valence-electron chi connectivity index (χ4n) is 1.30. The van der Waals surface area contributed by atoms with Crippen molar-refractivity contribution >= 4 is 5.97 Å². The van der Waals surface area contributed by atoms with E-state index in [1.807, 2.05) is 37.3 Å². The molecule has 1 rings (SSSR count). The number of carbonyl (C=O) groups is 1. The summed E-state index contributed by atoms with van der Waals surface area (Å²) in [5.74, 6) is 0.279. The SMILES string of the molecule is CCOCCC(=COc1ccccc1)C(=O)OC. The molecule has 98 valence electrons. The normalized spacial score (nSPS) is 11.1. The molecule has 0 saturated carbocycles. The number of methoxy groups -OCH3 is 1. The molecule has 0 unspecified atom stereocenters. The highest BCUT2D eigenvalue weighted by atomic mass is 16.5. The Morgan fingerprint density at radius 1 is 1.28 bits per heavy atom. The molecule has 0 radical (unpaired) electrons. The van der Waals surface area contributed by atoms with E-state index in [4.69, 9.17) is 9.47 Å². The van der Waals surface area contributed by atoms with Gasteiger partial charge in [-0.1, -0.05) is 18.2 Å². The van der Waals surface area contributed by atoms with Crippen LogP contribution in [0.2, 0.25) is 0 Å². The number of benzene rings is 1. The second-order valence-electron chi connectivity index (χ2n) is 3.51. The Hall–Kier alpha value is -1.81. The van der Waals surface area contributed by atoms with Crippen LogP contribution < -0.4 is 4.74 Å². The first-order valence-electron chi connectivity index (χ1n) is 5.84. The molecule has 1 aromatic rings. The molecule has 4 heteroatoms. The summed E-state index contributed by atoms with van der Waals surface area (Å²) >= 11 is 0. The van der Waals surface area contributed by atoms with Crippen LogP contribution in [0.3, 0.4) is 0 Å². The molecule has 0 aliphatic rings. The third-order valence-corrected chi connectivity index (χ3v) is 2.25. The van der Waals surface area contributed by atoms with Crippen molar-refractivity contribution in [3.8, 4) is 5.75 Å². The molecular weight excluding hydrogens is 232 g/mol. The highest BCUT2D eigenvalue weighted by molar-refractivity contribution is 5.88. The van der Waals surface area contributed by atoms with E-state index < -0.39 is 5.97 Å². The lowest BCUT2D eigenvalue weighted by molar-refractivity contribution is -0.136. The van der Waals surface area contributed by atoms with Gasteiger partial charge in [0.2, 0.25) is 0 Å². The maximum absolute atomic E-state index is 11.5. The average molecular weight is 250 g/mol. The number of hydrogen-bond acceptors (Lipinski definition) is 4. The van der Waals surface area contributed by atoms with Crippen LogP contribution in [0.15, 0.2) is 42.2 Å². The molecule has 0 aromatic heterocycles. The van der Waals surface area contributed by atoms with Gasteiger partial charge >= 0.3 is 5.97 Å². The molecule has 0 heterocycles. The summed E-state index contributed by atoms with van der Waals surface area (Å²) in [6, 6.07) is 9.25. The molecule has 18 heavy (non-hydrogen) atoms. The third-order valence-electron chi connectivity index (χ3n) is 2.25. The molecular formula is C14H18O4. The Morgan fingerprint density at radius 2 is 2.00 bits per heavy atom. The third kappa shape index (κ3) is 5.01. The zero-order valence-electron chi connectivity index (χ0n) is 10.7. The molecule has 0 aliphatic heterocycles. The van der Waals surface area contributed by atoms with Gasteiger partial charge in [0, 0.05) is 13.0 Å². The van der Waals surface area contributed by atoms with Crippen molar-refractivity contribution in [3.05, 3.63) is 42.2 Å². The standard InChI is InChI=1S/C14H18O4/c1-3-17-10-9-12(14(15)16-2)11-18-13-7-5-4-6-8-13/h4-8,11H,3,9-10H2,1-2H3. The van der Waals surface area contributed by atoms with Crippen molar-refractivity contribution in [1.29, 1.82) is 0 Å². The van der Waals surface area contributed by atoms with Gasteiger partial charge in [-0.15, -0.1) is 0 Å². The Bertz CT molecular complexity index is 384. The minimum absolute atomic E-state index is 0.398. The lowest BCUT2D eigenvalue weighted by Crippen LogP contribution is -2.09. The van der Waals surface area contributed by atoms with Gasteiger partial charge in [0.25, 0.3) is 0 Å². The van der Waals surface area contributed by atoms with Crippen molar-refractivity contribution in [2.24, 2.45) is 0 Å². The lowest BCUT2D eigenvalue weighted by atomic mass is 10.2. The molecule has 0 spiro atoms. The number of hydrogen-bond donors (Lipinski definition) is 0. The number of esters is 1. The predicted molar refractivity (Wildman–Crippen MR) is 68.3 cm³/mol. The van der Waals surface area contributed by atoms with Crippen molar-refractivity contribution in [1.82, 2.24) is 0 Å². The minimum Gasteiger partial charge on any atom is -0.466 e. The van der Waals surface area contributed by atoms with Crippen LogP contribution in [0.25, 0.3) is 0 Å². The number of rotatable bonds is 7. The second-order valence-corrected chi connectivity index (χ2v) is 3.51. The van der Waals surface area contributed by atoms with E-state index in [9.17, 15) is 4.79 Å². The van der Waals surface area contributed by atoms with Crippen molar-refractivity contribution in [2.75, 3.05) is 20.3 Å². The smallest absolute Gasteiger partial charge is 0.336 e. The lowest BCUT2D eigenvalue weighted by Gasteiger charge is -2.06. The monoisotopic (exact) mass is 250 g/mol. The van der Waals surface area contributed by atoms with Gasteiger partial charge in [0.05, 0.1) is 19.3 Å². The first-order chi connectivity index (χ1) is 8.77. The minimum atomic E-state index is -0.398. The van der Waals surface area contributed by atoms with E-state index in [0.29, 0.717) is 31.0 Å². The Balaban J connectivity index is 2.61. The predicted octanol–water partition coefficient (Wildman–Crippen LogP) is 2.55. The molecule has 0 aliphatic carbocycles. The number of ether oxygens (including phenoxy) is 3. The van der Waals surface area contributed by atoms with E-state index in [0.717, 1.165) is 0 Å². The summed E-state index contributed by atoms with van der Waals surface area (Å²) < 4.78 is 15.3. The van der Waals surface area contributed by atoms with Gasteiger partial charge in [-0.2, -0.15) is 0 Å². The fourth-order valence-corrected chi connectivity index (χ4v) is 1.30. The Morgan fingerprint density at radius 3 is 2.61 bits per heavy atom. The zero-order chi connectivity index (χ0) is 13.2. The summed E-state index contributed by atoms with van der Waals surface area (Å²) in [7, 11) is 1.35. The topological polar surface area (TPSA) is 44.8 Å². The summed E-state index contributed by atoms with van der Waals surface area (Å²) in [6.07, 6.45) is 1.88. The van der Waals surface area contributed by atoms with Crippen LogP contribution in [-0.2, 0) is 14.3 Å². The molecule has 1 aromatic carbocycles. The van der Waals surface area contributed by atoms with Gasteiger partial charge in [0.1, 0.15) is 12.0 Å². The first kappa shape index (κ1) is 14.3. The summed E-state index contributed by atoms with van der Waals surface area (Å²) in [5, 5.41) is 0. The molecule has 0 saturated heterocycles. The van der Waals surface area contributed by atoms with Crippen molar-refractivity contribution < 1.29 is 19.0 Å². The van der Waals surface area contributed by atoms with Gasteiger partial charge in [-0.3, -0.25) is 0 Å². The van der Waals surface area contributed by atoms with E-state index in [1.165, 1.54) is 13.4 Å². The maximum Gasteiger partial charge on any atom is 0.336 e. The quantitative estimate of drug-likeness (QED) is 0.323. The summed E-state index contributed by atoms with van der Waals surface area (Å²) in [5.41, 5.74) is 0.454. The van der Waals surface area contributed by atoms with Crippen LogP contribution in [0.5, 0.6) is 5.75 Å². The summed E-state index contributed by atoms with van der Waals surface area (Å²) in [4.78, 5) is 11.5. The molecule has 0 atom stereocenters. The highest BCUT2D eigenvalue weighted by Crippen LogP contribution is 2.11. The fraction of sp³-hybridized carbons (Fsp3) is 0.357. The Kier molecular flexibility index (Phi) is 6.58. The Labute approximate surface area is 107 Å². The molecule has 0 fully saturated rings. The van der Waals surface area contributed by atoms with Gasteiger partial charge in [-0.25, -0.2) is 4.79 Å². The summed E-state index contributed by atoms with van der Waals surface area (Å²) in [6.45, 7) is 2.99. The number of para-hydroxylation sites is 1. The molecule has 0 amide bonds. The molecule has 4 nitrogen and oxygen atoms in total. The van der Waals surface area contributed by atoms with Crippen LogP contribution in [0, 0.1) is 0 Å². The zero-order valence-corrected chi connectivity index (χ0v) is 10.7. The van der Waals surface area contributed by atoms with E-state index >= 15 is 0 Å². The largest absolute Gasteiger partial charge is 0.466 e. The molecule has 0 N–H and O–H groups in total. The molecule has 0 bridgehead atoms. The average Bonchev–Trinajstić information content (AvgIpc) is 2.43. The van der Waals surface area contributed by atoms with Crippen LogP contribution in [0.4, 0.5) is 0 Å². The van der Waals surface area contributed by atoms with Crippen LogP contribution in [0.1, 0.15) is 13.3 Å². The highest BCUT2D eigenvalue weighted by Gasteiger charge is 2.10. The second kappa shape index (κ2) is 8.31. The van der Waals surface area contributed by atoms with Gasteiger partial charge < -0.3 is 14.2 Å². The van der Waals surface area contributed by atoms with E-state index in [1.54, 1.807) is 0 Å². The van der Waals surface area contributed by atoms with Gasteiger partial charge in [0.15, 0.2) is 0 Å². The van der Waals surface area contributed by atoms with E-state index in [-0.39, 0.29) is 0 Å².